The molecule has 1 heterocycles. The number of rotatable bonds is 5. The van der Waals surface area contributed by atoms with E-state index in [1.165, 1.54) is 0 Å². The summed E-state index contributed by atoms with van der Waals surface area (Å²) in [6, 6.07) is -0.344. The van der Waals surface area contributed by atoms with E-state index in [4.69, 9.17) is 14.9 Å². The van der Waals surface area contributed by atoms with Crippen molar-refractivity contribution in [1.82, 2.24) is 10.2 Å². The molecule has 0 aromatic carbocycles. The van der Waals surface area contributed by atoms with Gasteiger partial charge in [-0.25, -0.2) is 9.59 Å². The van der Waals surface area contributed by atoms with Gasteiger partial charge in [0, 0.05) is 26.1 Å². The van der Waals surface area contributed by atoms with Crippen LogP contribution < -0.4 is 5.32 Å². The molecule has 0 bridgehead atoms. The molecule has 0 aliphatic carbocycles. The van der Waals surface area contributed by atoms with Crippen molar-refractivity contribution in [2.75, 3.05) is 33.4 Å². The fourth-order valence-electron chi connectivity index (χ4n) is 1.77. The molecule has 1 unspecified atom stereocenters. The SMILES string of the molecule is COCC1CCN(C(=O)NC[C@H](O)C(=O)O)C1. The van der Waals surface area contributed by atoms with Crippen molar-refractivity contribution in [2.24, 2.45) is 5.92 Å². The number of carbonyl (C=O) groups is 2. The van der Waals surface area contributed by atoms with E-state index in [-0.39, 0.29) is 12.6 Å². The summed E-state index contributed by atoms with van der Waals surface area (Å²) in [6.07, 6.45) is -0.681. The van der Waals surface area contributed by atoms with Crippen LogP contribution in [0.2, 0.25) is 0 Å². The highest BCUT2D eigenvalue weighted by Crippen LogP contribution is 2.15. The van der Waals surface area contributed by atoms with Crippen molar-refractivity contribution in [3.63, 3.8) is 0 Å². The average Bonchev–Trinajstić information content (AvgIpc) is 2.74. The molecule has 0 aromatic rings. The lowest BCUT2D eigenvalue weighted by molar-refractivity contribution is -0.146. The molecule has 2 amide bonds. The van der Waals surface area contributed by atoms with Gasteiger partial charge in [-0.2, -0.15) is 0 Å². The highest BCUT2D eigenvalue weighted by Gasteiger charge is 2.26. The maximum absolute atomic E-state index is 11.6. The summed E-state index contributed by atoms with van der Waals surface area (Å²) in [5.74, 6) is -1.01. The average molecular weight is 246 g/mol. The summed E-state index contributed by atoms with van der Waals surface area (Å²) in [5, 5.41) is 19.8. The number of urea groups is 1. The van der Waals surface area contributed by atoms with Crippen LogP contribution in [-0.4, -0.2) is 66.6 Å². The number of aliphatic carboxylic acids is 1. The number of methoxy groups -OCH3 is 1. The number of hydrogen-bond donors (Lipinski definition) is 3. The number of carbonyl (C=O) groups excluding carboxylic acids is 1. The molecule has 98 valence electrons. The smallest absolute Gasteiger partial charge is 0.334 e. The number of carboxylic acid groups (broad SMARTS) is 1. The van der Waals surface area contributed by atoms with Gasteiger partial charge in [0.05, 0.1) is 13.2 Å². The van der Waals surface area contributed by atoms with Crippen LogP contribution in [0.25, 0.3) is 0 Å². The van der Waals surface area contributed by atoms with Gasteiger partial charge in [0.15, 0.2) is 6.10 Å². The van der Waals surface area contributed by atoms with Crippen LogP contribution in [0.15, 0.2) is 0 Å². The zero-order chi connectivity index (χ0) is 12.8. The molecule has 0 aromatic heterocycles. The van der Waals surface area contributed by atoms with Gasteiger partial charge in [0.2, 0.25) is 0 Å². The first kappa shape index (κ1) is 13.7. The van der Waals surface area contributed by atoms with E-state index in [1.807, 2.05) is 0 Å². The first-order valence-corrected chi connectivity index (χ1v) is 5.47. The fourth-order valence-corrected chi connectivity index (χ4v) is 1.77. The number of aliphatic hydroxyl groups is 1. The number of nitrogens with one attached hydrogen (secondary N) is 1. The quantitative estimate of drug-likeness (QED) is 0.584. The van der Waals surface area contributed by atoms with Gasteiger partial charge in [0.1, 0.15) is 0 Å². The van der Waals surface area contributed by atoms with Crippen molar-refractivity contribution in [3.8, 4) is 0 Å². The summed E-state index contributed by atoms with van der Waals surface area (Å²) in [4.78, 5) is 23.5. The minimum absolute atomic E-state index is 0.278. The lowest BCUT2D eigenvalue weighted by atomic mass is 10.1. The summed E-state index contributed by atoms with van der Waals surface area (Å²) in [7, 11) is 1.62. The minimum Gasteiger partial charge on any atom is -0.479 e. The van der Waals surface area contributed by atoms with Crippen LogP contribution in [0.5, 0.6) is 0 Å². The first-order chi connectivity index (χ1) is 8.04. The van der Waals surface area contributed by atoms with E-state index in [9.17, 15) is 9.59 Å². The predicted octanol–water partition coefficient (Wildman–Crippen LogP) is -0.890. The molecule has 1 aliphatic heterocycles. The number of hydrogen-bond acceptors (Lipinski definition) is 4. The Morgan fingerprint density at radius 2 is 2.29 bits per heavy atom. The van der Waals surface area contributed by atoms with Crippen LogP contribution in [0.3, 0.4) is 0 Å². The third-order valence-corrected chi connectivity index (χ3v) is 2.71. The Balaban J connectivity index is 2.27. The van der Waals surface area contributed by atoms with Crippen LogP contribution in [0, 0.1) is 5.92 Å². The normalized spacial score (nSPS) is 21.3. The summed E-state index contributed by atoms with van der Waals surface area (Å²) < 4.78 is 5.01. The van der Waals surface area contributed by atoms with E-state index in [0.717, 1.165) is 6.42 Å². The van der Waals surface area contributed by atoms with Crippen LogP contribution in [0.4, 0.5) is 4.79 Å². The summed E-state index contributed by atoms with van der Waals surface area (Å²) >= 11 is 0. The third kappa shape index (κ3) is 4.20. The van der Waals surface area contributed by atoms with E-state index in [2.05, 4.69) is 5.32 Å². The maximum atomic E-state index is 11.6. The Morgan fingerprint density at radius 3 is 2.88 bits per heavy atom. The molecule has 17 heavy (non-hydrogen) atoms. The first-order valence-electron chi connectivity index (χ1n) is 5.47. The number of likely N-dealkylation sites (tertiary alicyclic amines) is 1. The van der Waals surface area contributed by atoms with Gasteiger partial charge in [0.25, 0.3) is 0 Å². The van der Waals surface area contributed by atoms with Gasteiger partial charge in [-0.15, -0.1) is 0 Å². The summed E-state index contributed by atoms with van der Waals surface area (Å²) in [6.45, 7) is 1.56. The second-order valence-electron chi connectivity index (χ2n) is 4.10. The van der Waals surface area contributed by atoms with Crippen molar-refractivity contribution in [1.29, 1.82) is 0 Å². The lowest BCUT2D eigenvalue weighted by Gasteiger charge is -2.17. The Morgan fingerprint density at radius 1 is 1.59 bits per heavy atom. The van der Waals surface area contributed by atoms with Crippen molar-refractivity contribution >= 4 is 12.0 Å². The standard InChI is InChI=1S/C10H18N2O5/c1-17-6-7-2-3-12(5-7)10(16)11-4-8(13)9(14)15/h7-8,13H,2-6H2,1H3,(H,11,16)(H,14,15)/t7?,8-/m0/s1. The van der Waals surface area contributed by atoms with Gasteiger partial charge >= 0.3 is 12.0 Å². The lowest BCUT2D eigenvalue weighted by Crippen LogP contribution is -2.43. The van der Waals surface area contributed by atoms with E-state index in [0.29, 0.717) is 25.6 Å². The highest BCUT2D eigenvalue weighted by molar-refractivity contribution is 5.77. The molecule has 2 atom stereocenters. The molecule has 7 nitrogen and oxygen atoms in total. The van der Waals surface area contributed by atoms with Gasteiger partial charge in [-0.3, -0.25) is 0 Å². The number of carboxylic acids is 1. The van der Waals surface area contributed by atoms with Crippen molar-refractivity contribution in [3.05, 3.63) is 0 Å². The van der Waals surface area contributed by atoms with Crippen molar-refractivity contribution < 1.29 is 24.5 Å². The minimum atomic E-state index is -1.56. The highest BCUT2D eigenvalue weighted by atomic mass is 16.5. The summed E-state index contributed by atoms with van der Waals surface area (Å²) in [5.41, 5.74) is 0. The van der Waals surface area contributed by atoms with E-state index in [1.54, 1.807) is 12.0 Å². The zero-order valence-corrected chi connectivity index (χ0v) is 9.76. The van der Waals surface area contributed by atoms with Crippen molar-refractivity contribution in [2.45, 2.75) is 12.5 Å². The molecule has 3 N–H and O–H groups in total. The monoisotopic (exact) mass is 246 g/mol. The Labute approximate surface area is 99.4 Å². The predicted molar refractivity (Wildman–Crippen MR) is 58.6 cm³/mol. The Hall–Kier alpha value is -1.34. The van der Waals surface area contributed by atoms with Crippen LogP contribution in [0.1, 0.15) is 6.42 Å². The Bertz CT molecular complexity index is 284. The molecule has 7 heteroatoms. The van der Waals surface area contributed by atoms with E-state index >= 15 is 0 Å². The van der Waals surface area contributed by atoms with Gasteiger partial charge in [-0.1, -0.05) is 0 Å². The molecule has 0 radical (unpaired) electrons. The molecular formula is C10H18N2O5. The number of nitrogens with zero attached hydrogens (tertiary/aromatic N) is 1. The molecule has 1 fully saturated rings. The van der Waals surface area contributed by atoms with E-state index < -0.39 is 12.1 Å². The second kappa shape index (κ2) is 6.41. The van der Waals surface area contributed by atoms with Crippen LogP contribution >= 0.6 is 0 Å². The van der Waals surface area contributed by atoms with Gasteiger partial charge < -0.3 is 25.2 Å². The maximum Gasteiger partial charge on any atom is 0.334 e. The molecule has 0 spiro atoms. The van der Waals surface area contributed by atoms with Crippen LogP contribution in [-0.2, 0) is 9.53 Å². The molecule has 1 rings (SSSR count). The van der Waals surface area contributed by atoms with Gasteiger partial charge in [-0.05, 0) is 6.42 Å². The second-order valence-corrected chi connectivity index (χ2v) is 4.10. The largest absolute Gasteiger partial charge is 0.479 e. The third-order valence-electron chi connectivity index (χ3n) is 2.71. The fraction of sp³-hybridized carbons (Fsp3) is 0.800. The number of ether oxygens (including phenoxy) is 1. The molecule has 1 aliphatic rings. The zero-order valence-electron chi connectivity index (χ0n) is 9.76. The number of amides is 2. The Kier molecular flexibility index (Phi) is 5.17. The molecule has 1 saturated heterocycles. The topological polar surface area (TPSA) is 99.1 Å². The molecular weight excluding hydrogens is 228 g/mol. The number of aliphatic hydroxyl groups excluding tert-OH is 1. The molecule has 0 saturated carbocycles.